The molecule has 0 saturated heterocycles. The Kier molecular flexibility index (Phi) is 3.35. The molecule has 62 valence electrons. The molecule has 0 atom stereocenters. The Morgan fingerprint density at radius 2 is 2.42 bits per heavy atom. The van der Waals surface area contributed by atoms with Gasteiger partial charge in [0.05, 0.1) is 19.0 Å². The van der Waals surface area contributed by atoms with E-state index in [4.69, 9.17) is 4.74 Å². The van der Waals surface area contributed by atoms with E-state index in [9.17, 15) is 0 Å². The van der Waals surface area contributed by atoms with Crippen molar-refractivity contribution in [2.24, 2.45) is 4.99 Å². The maximum Gasteiger partial charge on any atom is 0.213 e. The quantitative estimate of drug-likeness (QED) is 0.525. The van der Waals surface area contributed by atoms with Gasteiger partial charge in [-0.2, -0.15) is 0 Å². The van der Waals surface area contributed by atoms with E-state index in [1.165, 1.54) is 5.37 Å². The van der Waals surface area contributed by atoms with E-state index in [-0.39, 0.29) is 0 Å². The minimum absolute atomic E-state index is 0.580. The highest BCUT2D eigenvalue weighted by molar-refractivity contribution is 7.80. The van der Waals surface area contributed by atoms with Gasteiger partial charge in [0, 0.05) is 17.6 Å². The van der Waals surface area contributed by atoms with Crippen LogP contribution in [-0.2, 0) is 0 Å². The second kappa shape index (κ2) is 4.56. The molecule has 0 saturated carbocycles. The molecule has 0 fully saturated rings. The summed E-state index contributed by atoms with van der Waals surface area (Å²) in [6.45, 7) is 0. The standard InChI is InChI=1S/C8H8N2OS/c1-11-8-3-2-7(6-10-8)9-4-5-12/h2-6H,1H3. The van der Waals surface area contributed by atoms with E-state index >= 15 is 0 Å². The summed E-state index contributed by atoms with van der Waals surface area (Å²) < 4.78 is 4.88. The number of rotatable bonds is 3. The smallest absolute Gasteiger partial charge is 0.213 e. The van der Waals surface area contributed by atoms with Gasteiger partial charge in [0.1, 0.15) is 0 Å². The van der Waals surface area contributed by atoms with Gasteiger partial charge in [-0.15, -0.1) is 0 Å². The summed E-state index contributed by atoms with van der Waals surface area (Å²) in [5, 5.41) is 1.45. The Labute approximate surface area is 76.1 Å². The zero-order chi connectivity index (χ0) is 8.81. The lowest BCUT2D eigenvalue weighted by Crippen LogP contribution is -1.84. The van der Waals surface area contributed by atoms with Crippen LogP contribution in [0.15, 0.2) is 23.3 Å². The molecule has 0 amide bonds. The minimum atomic E-state index is 0.580. The summed E-state index contributed by atoms with van der Waals surface area (Å²) in [6.07, 6.45) is 3.16. The van der Waals surface area contributed by atoms with Gasteiger partial charge in [0.25, 0.3) is 0 Å². The molecule has 0 aliphatic carbocycles. The Morgan fingerprint density at radius 3 is 2.92 bits per heavy atom. The van der Waals surface area contributed by atoms with Gasteiger partial charge in [0.15, 0.2) is 0 Å². The third-order valence-corrected chi connectivity index (χ3v) is 1.34. The minimum Gasteiger partial charge on any atom is -0.481 e. The molecule has 0 aliphatic heterocycles. The summed E-state index contributed by atoms with van der Waals surface area (Å²) in [7, 11) is 1.57. The highest BCUT2D eigenvalue weighted by atomic mass is 32.1. The van der Waals surface area contributed by atoms with Crippen molar-refractivity contribution in [1.82, 2.24) is 4.98 Å². The van der Waals surface area contributed by atoms with E-state index < -0.39 is 0 Å². The Morgan fingerprint density at radius 1 is 1.58 bits per heavy atom. The van der Waals surface area contributed by atoms with Crippen LogP contribution < -0.4 is 4.74 Å². The van der Waals surface area contributed by atoms with Gasteiger partial charge in [-0.3, -0.25) is 4.99 Å². The Hall–Kier alpha value is -1.29. The monoisotopic (exact) mass is 180 g/mol. The molecular weight excluding hydrogens is 172 g/mol. The van der Waals surface area contributed by atoms with Crippen molar-refractivity contribution in [3.05, 3.63) is 18.3 Å². The molecular formula is C8H8N2OS. The molecule has 1 aromatic rings. The average molecular weight is 180 g/mol. The molecule has 4 heteroatoms. The number of aliphatic imine (C=N–C) groups is 1. The first-order chi connectivity index (χ1) is 5.86. The van der Waals surface area contributed by atoms with Crippen molar-refractivity contribution in [3.8, 4) is 5.88 Å². The van der Waals surface area contributed by atoms with Crippen LogP contribution in [0.1, 0.15) is 0 Å². The van der Waals surface area contributed by atoms with E-state index in [1.54, 1.807) is 31.7 Å². The van der Waals surface area contributed by atoms with Crippen molar-refractivity contribution in [3.63, 3.8) is 0 Å². The van der Waals surface area contributed by atoms with Crippen LogP contribution in [0.2, 0.25) is 0 Å². The number of aromatic nitrogens is 1. The van der Waals surface area contributed by atoms with Crippen molar-refractivity contribution >= 4 is 29.5 Å². The zero-order valence-corrected chi connectivity index (χ0v) is 7.41. The summed E-state index contributed by atoms with van der Waals surface area (Å²) >= 11 is 4.58. The molecule has 0 radical (unpaired) electrons. The van der Waals surface area contributed by atoms with E-state index in [2.05, 4.69) is 22.2 Å². The highest BCUT2D eigenvalue weighted by Crippen LogP contribution is 2.12. The number of hydrogen-bond acceptors (Lipinski definition) is 4. The maximum absolute atomic E-state index is 4.88. The van der Waals surface area contributed by atoms with Crippen LogP contribution in [-0.4, -0.2) is 23.7 Å². The number of pyridine rings is 1. The van der Waals surface area contributed by atoms with Crippen LogP contribution >= 0.6 is 12.2 Å². The molecule has 1 rings (SSSR count). The van der Waals surface area contributed by atoms with Crippen molar-refractivity contribution in [1.29, 1.82) is 0 Å². The molecule has 0 spiro atoms. The molecule has 1 aromatic heterocycles. The Balaban J connectivity index is 2.77. The third-order valence-electron chi connectivity index (χ3n) is 1.21. The zero-order valence-electron chi connectivity index (χ0n) is 6.60. The lowest BCUT2D eigenvalue weighted by atomic mass is 10.4. The first-order valence-corrected chi connectivity index (χ1v) is 3.82. The topological polar surface area (TPSA) is 34.5 Å². The molecule has 0 aromatic carbocycles. The number of methoxy groups -OCH3 is 1. The van der Waals surface area contributed by atoms with Gasteiger partial charge < -0.3 is 4.74 Å². The predicted octanol–water partition coefficient (Wildman–Crippen LogP) is 1.79. The average Bonchev–Trinajstić information content (AvgIpc) is 2.15. The fourth-order valence-electron chi connectivity index (χ4n) is 0.686. The van der Waals surface area contributed by atoms with E-state index in [0.29, 0.717) is 5.88 Å². The molecule has 0 N–H and O–H groups in total. The molecule has 12 heavy (non-hydrogen) atoms. The van der Waals surface area contributed by atoms with Crippen molar-refractivity contribution < 1.29 is 4.74 Å². The molecule has 0 unspecified atom stereocenters. The lowest BCUT2D eigenvalue weighted by molar-refractivity contribution is 0.398. The van der Waals surface area contributed by atoms with Gasteiger partial charge >= 0.3 is 0 Å². The lowest BCUT2D eigenvalue weighted by Gasteiger charge is -1.96. The van der Waals surface area contributed by atoms with Crippen molar-refractivity contribution in [2.75, 3.05) is 7.11 Å². The first kappa shape index (κ1) is 8.80. The van der Waals surface area contributed by atoms with Crippen LogP contribution in [0, 0.1) is 0 Å². The summed E-state index contributed by atoms with van der Waals surface area (Å²) in [5.41, 5.74) is 0.761. The van der Waals surface area contributed by atoms with Crippen LogP contribution in [0.25, 0.3) is 0 Å². The molecule has 3 nitrogen and oxygen atoms in total. The van der Waals surface area contributed by atoms with Gasteiger partial charge in [-0.25, -0.2) is 4.98 Å². The third kappa shape index (κ3) is 2.39. The SMILES string of the molecule is COc1ccc(N=CC=S)cn1. The summed E-state index contributed by atoms with van der Waals surface area (Å²) in [5.74, 6) is 0.580. The Bertz CT molecular complexity index is 282. The van der Waals surface area contributed by atoms with E-state index in [0.717, 1.165) is 5.69 Å². The van der Waals surface area contributed by atoms with Crippen molar-refractivity contribution in [2.45, 2.75) is 0 Å². The highest BCUT2D eigenvalue weighted by Gasteiger charge is 1.90. The second-order valence-electron chi connectivity index (χ2n) is 1.97. The fraction of sp³-hybridized carbons (Fsp3) is 0.125. The normalized spacial score (nSPS) is 10.1. The summed E-state index contributed by atoms with van der Waals surface area (Å²) in [6, 6.07) is 3.55. The predicted molar refractivity (Wildman–Crippen MR) is 52.6 cm³/mol. The fourth-order valence-corrected chi connectivity index (χ4v) is 0.747. The number of hydrogen-bond donors (Lipinski definition) is 0. The van der Waals surface area contributed by atoms with Gasteiger partial charge in [0.2, 0.25) is 5.88 Å². The number of nitrogens with zero attached hydrogens (tertiary/aromatic N) is 2. The largest absolute Gasteiger partial charge is 0.481 e. The maximum atomic E-state index is 4.88. The molecule has 0 bridgehead atoms. The van der Waals surface area contributed by atoms with Gasteiger partial charge in [-0.05, 0) is 6.07 Å². The second-order valence-corrected chi connectivity index (χ2v) is 2.25. The van der Waals surface area contributed by atoms with E-state index in [1.807, 2.05) is 0 Å². The summed E-state index contributed by atoms with van der Waals surface area (Å²) in [4.78, 5) is 7.96. The number of thiocarbonyl (C=S) groups is 1. The number of ether oxygens (including phenoxy) is 1. The van der Waals surface area contributed by atoms with Crippen LogP contribution in [0.3, 0.4) is 0 Å². The van der Waals surface area contributed by atoms with Gasteiger partial charge in [-0.1, -0.05) is 12.2 Å². The van der Waals surface area contributed by atoms with Crippen LogP contribution in [0.4, 0.5) is 5.69 Å². The van der Waals surface area contributed by atoms with Crippen LogP contribution in [0.5, 0.6) is 5.88 Å². The molecule has 0 aliphatic rings. The first-order valence-electron chi connectivity index (χ1n) is 3.34. The molecule has 1 heterocycles.